The Labute approximate surface area is 179 Å². The van der Waals surface area contributed by atoms with Crippen molar-refractivity contribution in [2.24, 2.45) is 5.92 Å². The number of Topliss-reactive ketones (excluding diaryl/α,β-unsaturated/α-hetero) is 2. The van der Waals surface area contributed by atoms with Crippen molar-refractivity contribution in [1.29, 1.82) is 0 Å². The molecule has 1 aliphatic rings. The summed E-state index contributed by atoms with van der Waals surface area (Å²) in [7, 11) is 0. The predicted octanol–water partition coefficient (Wildman–Crippen LogP) is 6.54. The summed E-state index contributed by atoms with van der Waals surface area (Å²) in [5.41, 5.74) is -2.02. The Balaban J connectivity index is 1.60. The number of halogens is 6. The van der Waals surface area contributed by atoms with Gasteiger partial charge in [-0.1, -0.05) is 18.2 Å². The first-order valence-electron chi connectivity index (χ1n) is 9.48. The van der Waals surface area contributed by atoms with Crippen molar-refractivity contribution in [2.45, 2.75) is 42.4 Å². The van der Waals surface area contributed by atoms with E-state index in [0.717, 1.165) is 18.2 Å². The average molecular weight is 460 g/mol. The molecule has 0 unspecified atom stereocenters. The molecule has 31 heavy (non-hydrogen) atoms. The second-order valence-electron chi connectivity index (χ2n) is 7.38. The second kappa shape index (κ2) is 9.06. The topological polar surface area (TPSA) is 34.1 Å². The number of hydrogen-bond donors (Lipinski definition) is 0. The third-order valence-electron chi connectivity index (χ3n) is 5.18. The molecular weight excluding hydrogens is 442 g/mol. The number of rotatable bonds is 5. The molecule has 0 aliphatic heterocycles. The number of alkyl halides is 6. The highest BCUT2D eigenvalue weighted by Gasteiger charge is 2.42. The Morgan fingerprint density at radius 2 is 1.39 bits per heavy atom. The Hall–Kier alpha value is -2.29. The minimum absolute atomic E-state index is 0.00380. The summed E-state index contributed by atoms with van der Waals surface area (Å²) in [6, 6.07) is 9.30. The largest absolute Gasteiger partial charge is 0.416 e. The minimum Gasteiger partial charge on any atom is -0.299 e. The molecule has 1 saturated carbocycles. The van der Waals surface area contributed by atoms with E-state index < -0.39 is 41.0 Å². The summed E-state index contributed by atoms with van der Waals surface area (Å²) in [5.74, 6) is -2.29. The van der Waals surface area contributed by atoms with Gasteiger partial charge < -0.3 is 0 Å². The molecular formula is C22H18F6O2S. The van der Waals surface area contributed by atoms with Crippen LogP contribution in [0.4, 0.5) is 26.3 Å². The fourth-order valence-corrected chi connectivity index (χ4v) is 4.71. The highest BCUT2D eigenvalue weighted by atomic mass is 32.2. The van der Waals surface area contributed by atoms with Crippen LogP contribution in [-0.4, -0.2) is 17.3 Å². The van der Waals surface area contributed by atoms with E-state index >= 15 is 0 Å². The minimum atomic E-state index is -4.66. The first-order chi connectivity index (χ1) is 14.5. The normalized spacial score (nSPS) is 20.2. The molecule has 2 aromatic rings. The van der Waals surface area contributed by atoms with Crippen LogP contribution in [0.5, 0.6) is 0 Å². The summed E-state index contributed by atoms with van der Waals surface area (Å²) in [6.45, 7) is 0. The van der Waals surface area contributed by atoms with Crippen LogP contribution in [0.2, 0.25) is 0 Å². The van der Waals surface area contributed by atoms with Gasteiger partial charge in [-0.3, -0.25) is 9.59 Å². The van der Waals surface area contributed by atoms with Crippen LogP contribution >= 0.6 is 11.8 Å². The van der Waals surface area contributed by atoms with Crippen molar-refractivity contribution in [1.82, 2.24) is 0 Å². The van der Waals surface area contributed by atoms with Gasteiger partial charge in [-0.05, 0) is 54.0 Å². The predicted molar refractivity (Wildman–Crippen MR) is 104 cm³/mol. The lowest BCUT2D eigenvalue weighted by Gasteiger charge is -2.28. The molecule has 0 aromatic heterocycles. The Morgan fingerprint density at radius 1 is 0.806 bits per heavy atom. The fourth-order valence-electron chi connectivity index (χ4n) is 3.70. The van der Waals surface area contributed by atoms with Gasteiger partial charge in [-0.15, -0.1) is 11.8 Å². The average Bonchev–Trinajstić information content (AvgIpc) is 2.67. The van der Waals surface area contributed by atoms with Crippen LogP contribution in [0, 0.1) is 5.92 Å². The summed E-state index contributed by atoms with van der Waals surface area (Å²) in [6.07, 6.45) is -8.62. The number of hydrogen-bond acceptors (Lipinski definition) is 3. The molecule has 2 nitrogen and oxygen atoms in total. The van der Waals surface area contributed by atoms with Crippen LogP contribution < -0.4 is 0 Å². The first kappa shape index (κ1) is 23.4. The van der Waals surface area contributed by atoms with Crippen molar-refractivity contribution in [2.75, 3.05) is 5.75 Å². The molecule has 0 atom stereocenters. The van der Waals surface area contributed by atoms with Gasteiger partial charge in [0.05, 0.1) is 11.1 Å². The second-order valence-corrected chi connectivity index (χ2v) is 8.55. The van der Waals surface area contributed by atoms with Crippen LogP contribution in [0.25, 0.3) is 0 Å². The van der Waals surface area contributed by atoms with E-state index in [9.17, 15) is 35.9 Å². The zero-order chi connectivity index (χ0) is 22.8. The third-order valence-corrected chi connectivity index (χ3v) is 6.22. The molecule has 2 aromatic carbocycles. The van der Waals surface area contributed by atoms with E-state index in [-0.39, 0.29) is 24.3 Å². The maximum Gasteiger partial charge on any atom is 0.416 e. The van der Waals surface area contributed by atoms with Crippen molar-refractivity contribution in [3.8, 4) is 0 Å². The van der Waals surface area contributed by atoms with E-state index in [4.69, 9.17) is 0 Å². The lowest BCUT2D eigenvalue weighted by Crippen LogP contribution is -2.33. The molecule has 0 N–H and O–H groups in total. The van der Waals surface area contributed by atoms with Crippen LogP contribution in [0.15, 0.2) is 53.4 Å². The van der Waals surface area contributed by atoms with Crippen LogP contribution in [0.3, 0.4) is 0 Å². The zero-order valence-electron chi connectivity index (χ0n) is 16.1. The highest BCUT2D eigenvalue weighted by molar-refractivity contribution is 7.99. The molecule has 9 heteroatoms. The molecule has 1 aliphatic carbocycles. The van der Waals surface area contributed by atoms with Gasteiger partial charge in [0.2, 0.25) is 0 Å². The Morgan fingerprint density at radius 3 is 1.94 bits per heavy atom. The molecule has 0 spiro atoms. The van der Waals surface area contributed by atoms with E-state index in [2.05, 4.69) is 0 Å². The molecule has 0 saturated heterocycles. The van der Waals surface area contributed by atoms with Crippen molar-refractivity contribution < 1.29 is 35.9 Å². The molecule has 0 amide bonds. The van der Waals surface area contributed by atoms with Gasteiger partial charge in [0.1, 0.15) is 17.5 Å². The maximum atomic E-state index is 13.3. The van der Waals surface area contributed by atoms with E-state index in [1.165, 1.54) is 42.1 Å². The van der Waals surface area contributed by atoms with Crippen molar-refractivity contribution in [3.63, 3.8) is 0 Å². The monoisotopic (exact) mass is 460 g/mol. The summed E-state index contributed by atoms with van der Waals surface area (Å²) in [4.78, 5) is 25.7. The summed E-state index contributed by atoms with van der Waals surface area (Å²) < 4.78 is 77.6. The van der Waals surface area contributed by atoms with Gasteiger partial charge in [0.15, 0.2) is 0 Å². The molecule has 0 heterocycles. The molecule has 0 radical (unpaired) electrons. The lowest BCUT2D eigenvalue weighted by atomic mass is 9.75. The van der Waals surface area contributed by atoms with Gasteiger partial charge in [0.25, 0.3) is 0 Å². The van der Waals surface area contributed by atoms with Gasteiger partial charge in [-0.25, -0.2) is 0 Å². The van der Waals surface area contributed by atoms with E-state index in [1.54, 1.807) is 0 Å². The highest BCUT2D eigenvalue weighted by Crippen LogP contribution is 2.40. The quantitative estimate of drug-likeness (QED) is 0.289. The molecule has 0 bridgehead atoms. The Bertz CT molecular complexity index is 932. The van der Waals surface area contributed by atoms with Crippen LogP contribution in [-0.2, 0) is 21.9 Å². The smallest absolute Gasteiger partial charge is 0.299 e. The summed E-state index contributed by atoms with van der Waals surface area (Å²) >= 11 is 1.30. The standard InChI is InChI=1S/C22H18F6O2S/c23-21(24,25)14-5-7-15(8-6-14)31-10-9-13-11-18(29)20(19(30)12-13)16-3-1-2-4-17(16)22(26,27)28/h1-8,13,20H,9-12H2. The van der Waals surface area contributed by atoms with Crippen LogP contribution in [0.1, 0.15) is 41.9 Å². The maximum absolute atomic E-state index is 13.3. The molecule has 1 fully saturated rings. The number of ketones is 2. The van der Waals surface area contributed by atoms with Gasteiger partial charge >= 0.3 is 12.4 Å². The summed E-state index contributed by atoms with van der Waals surface area (Å²) in [5, 5.41) is 0. The van der Waals surface area contributed by atoms with Gasteiger partial charge in [0, 0.05) is 17.7 Å². The number of carbonyl (C=O) groups is 2. The number of carbonyl (C=O) groups excluding carboxylic acids is 2. The third kappa shape index (κ3) is 5.70. The zero-order valence-corrected chi connectivity index (χ0v) is 16.9. The lowest BCUT2D eigenvalue weighted by molar-refractivity contribution is -0.140. The fraction of sp³-hybridized carbons (Fsp3) is 0.364. The van der Waals surface area contributed by atoms with E-state index in [1.807, 2.05) is 0 Å². The SMILES string of the molecule is O=C1CC(CCSc2ccc(C(F)(F)F)cc2)CC(=O)C1c1ccccc1C(F)(F)F. The van der Waals surface area contributed by atoms with Crippen molar-refractivity contribution in [3.05, 3.63) is 65.2 Å². The molecule has 166 valence electrons. The number of benzene rings is 2. The molecule has 3 rings (SSSR count). The number of thioether (sulfide) groups is 1. The Kier molecular flexibility index (Phi) is 6.83. The van der Waals surface area contributed by atoms with Crippen molar-refractivity contribution >= 4 is 23.3 Å². The van der Waals surface area contributed by atoms with E-state index in [0.29, 0.717) is 17.1 Å². The van der Waals surface area contributed by atoms with Gasteiger partial charge in [-0.2, -0.15) is 26.3 Å². The first-order valence-corrected chi connectivity index (χ1v) is 10.5.